The number of rotatable bonds is 5. The number of H-pyrrole nitrogens is 2. The molecule has 12 heteroatoms. The topological polar surface area (TPSA) is 143 Å². The minimum atomic E-state index is -4.24. The highest BCUT2D eigenvalue weighted by molar-refractivity contribution is 7.92. The molecule has 0 radical (unpaired) electrons. The third kappa shape index (κ3) is 3.89. The summed E-state index contributed by atoms with van der Waals surface area (Å²) in [6, 6.07) is 12.0. The largest absolute Gasteiger partial charge is 0.325 e. The second-order valence-electron chi connectivity index (χ2n) is 6.15. The third-order valence-electron chi connectivity index (χ3n) is 4.07. The van der Waals surface area contributed by atoms with E-state index in [1.54, 1.807) is 30.5 Å². The Labute approximate surface area is 168 Å². The van der Waals surface area contributed by atoms with Crippen LogP contribution in [0.1, 0.15) is 0 Å². The van der Waals surface area contributed by atoms with Crippen LogP contribution in [0.4, 0.5) is 10.1 Å². The smallest absolute Gasteiger partial charge is 0.313 e. The Kier molecular flexibility index (Phi) is 4.75. The van der Waals surface area contributed by atoms with E-state index in [0.717, 1.165) is 6.20 Å². The zero-order valence-electron chi connectivity index (χ0n) is 15.0. The lowest BCUT2D eigenvalue weighted by molar-refractivity contribution is 0.599. The SMILES string of the molecule is O=c1[nH]cc(S(=O)(=O)Nc2cccc(-c3cn(-c4ccc(F)cc4)nn3)c2)c(=O)[nH]1. The molecule has 2 heterocycles. The summed E-state index contributed by atoms with van der Waals surface area (Å²) in [4.78, 5) is 26.2. The van der Waals surface area contributed by atoms with E-state index in [1.807, 2.05) is 4.98 Å². The lowest BCUT2D eigenvalue weighted by Crippen LogP contribution is -2.29. The van der Waals surface area contributed by atoms with Crippen LogP contribution >= 0.6 is 0 Å². The summed E-state index contributed by atoms with van der Waals surface area (Å²) in [6.07, 6.45) is 2.43. The highest BCUT2D eigenvalue weighted by atomic mass is 32.2. The van der Waals surface area contributed by atoms with Crippen molar-refractivity contribution >= 4 is 15.7 Å². The van der Waals surface area contributed by atoms with Gasteiger partial charge < -0.3 is 4.98 Å². The van der Waals surface area contributed by atoms with Crippen molar-refractivity contribution in [3.8, 4) is 16.9 Å². The van der Waals surface area contributed by atoms with Gasteiger partial charge in [0.1, 0.15) is 11.5 Å². The van der Waals surface area contributed by atoms with Crippen molar-refractivity contribution in [2.24, 2.45) is 0 Å². The molecule has 0 bridgehead atoms. The molecule has 0 amide bonds. The maximum absolute atomic E-state index is 13.1. The van der Waals surface area contributed by atoms with Gasteiger partial charge >= 0.3 is 5.69 Å². The van der Waals surface area contributed by atoms with Crippen LogP contribution in [0, 0.1) is 5.82 Å². The van der Waals surface area contributed by atoms with Crippen molar-refractivity contribution in [3.05, 3.63) is 87.6 Å². The van der Waals surface area contributed by atoms with Crippen LogP contribution in [0.25, 0.3) is 16.9 Å². The molecular weight excluding hydrogens is 415 g/mol. The maximum Gasteiger partial charge on any atom is 0.325 e. The molecule has 4 rings (SSSR count). The van der Waals surface area contributed by atoms with E-state index in [-0.39, 0.29) is 11.5 Å². The number of hydrogen-bond acceptors (Lipinski definition) is 6. The van der Waals surface area contributed by atoms with E-state index in [0.29, 0.717) is 16.9 Å². The molecule has 0 saturated heterocycles. The molecule has 0 aliphatic heterocycles. The summed E-state index contributed by atoms with van der Waals surface area (Å²) in [5.41, 5.74) is -0.0743. The summed E-state index contributed by atoms with van der Waals surface area (Å²) >= 11 is 0. The standard InChI is InChI=1S/C18H13FN6O4S/c19-12-4-6-14(7-5-12)25-10-15(22-24-25)11-2-1-3-13(8-11)23-30(28,29)16-9-20-18(27)21-17(16)26/h1-10,23H,(H2,20,21,26,27). The Hall–Kier alpha value is -4.06. The van der Waals surface area contributed by atoms with Crippen molar-refractivity contribution in [1.82, 2.24) is 25.0 Å². The van der Waals surface area contributed by atoms with E-state index < -0.39 is 26.2 Å². The number of nitrogens with zero attached hydrogens (tertiary/aromatic N) is 3. The molecule has 2 aromatic carbocycles. The maximum atomic E-state index is 13.1. The predicted octanol–water partition coefficient (Wildman–Crippen LogP) is 1.25. The van der Waals surface area contributed by atoms with E-state index in [2.05, 4.69) is 20.0 Å². The van der Waals surface area contributed by atoms with Gasteiger partial charge in [-0.05, 0) is 36.4 Å². The number of halogens is 1. The molecule has 0 aliphatic carbocycles. The van der Waals surface area contributed by atoms with Crippen LogP contribution in [0.15, 0.2) is 75.4 Å². The predicted molar refractivity (Wildman–Crippen MR) is 105 cm³/mol. The summed E-state index contributed by atoms with van der Waals surface area (Å²) < 4.78 is 41.8. The monoisotopic (exact) mass is 428 g/mol. The minimum absolute atomic E-state index is 0.175. The van der Waals surface area contributed by atoms with Gasteiger partial charge in [-0.1, -0.05) is 17.3 Å². The number of aromatic amines is 2. The number of aromatic nitrogens is 5. The van der Waals surface area contributed by atoms with Gasteiger partial charge in [0.25, 0.3) is 15.6 Å². The molecule has 0 atom stereocenters. The van der Waals surface area contributed by atoms with Crippen LogP contribution in [0.3, 0.4) is 0 Å². The first-order valence-electron chi connectivity index (χ1n) is 8.45. The second-order valence-corrected chi connectivity index (χ2v) is 7.80. The average molecular weight is 428 g/mol. The van der Waals surface area contributed by atoms with Crippen molar-refractivity contribution in [2.45, 2.75) is 4.90 Å². The number of benzene rings is 2. The van der Waals surface area contributed by atoms with Crippen LogP contribution < -0.4 is 16.0 Å². The molecule has 10 nitrogen and oxygen atoms in total. The summed E-state index contributed by atoms with van der Waals surface area (Å²) in [7, 11) is -4.24. The van der Waals surface area contributed by atoms with Gasteiger partial charge in [0.2, 0.25) is 0 Å². The molecular formula is C18H13FN6O4S. The second kappa shape index (κ2) is 7.40. The highest BCUT2D eigenvalue weighted by Gasteiger charge is 2.19. The first-order valence-corrected chi connectivity index (χ1v) is 9.94. The fourth-order valence-corrected chi connectivity index (χ4v) is 3.72. The summed E-state index contributed by atoms with van der Waals surface area (Å²) in [6.45, 7) is 0. The minimum Gasteiger partial charge on any atom is -0.313 e. The van der Waals surface area contributed by atoms with Crippen molar-refractivity contribution in [1.29, 1.82) is 0 Å². The Balaban J connectivity index is 1.62. The van der Waals surface area contributed by atoms with E-state index in [1.165, 1.54) is 28.9 Å². The lowest BCUT2D eigenvalue weighted by atomic mass is 10.1. The fourth-order valence-electron chi connectivity index (χ4n) is 2.67. The van der Waals surface area contributed by atoms with Crippen molar-refractivity contribution in [2.75, 3.05) is 4.72 Å². The molecule has 4 aromatic rings. The Bertz CT molecular complexity index is 1440. The van der Waals surface area contributed by atoms with Crippen LogP contribution in [0.2, 0.25) is 0 Å². The Morgan fingerprint density at radius 1 is 1.07 bits per heavy atom. The molecule has 0 aliphatic rings. The van der Waals surface area contributed by atoms with Crippen molar-refractivity contribution < 1.29 is 12.8 Å². The molecule has 0 saturated carbocycles. The molecule has 3 N–H and O–H groups in total. The normalized spacial score (nSPS) is 11.4. The molecule has 152 valence electrons. The zero-order valence-corrected chi connectivity index (χ0v) is 15.9. The number of nitrogens with one attached hydrogen (secondary N) is 3. The van der Waals surface area contributed by atoms with Crippen LogP contribution in [-0.4, -0.2) is 33.4 Å². The Morgan fingerprint density at radius 2 is 1.83 bits per heavy atom. The van der Waals surface area contributed by atoms with Crippen LogP contribution in [0.5, 0.6) is 0 Å². The summed E-state index contributed by atoms with van der Waals surface area (Å²) in [5.74, 6) is -0.375. The first-order chi connectivity index (χ1) is 14.3. The zero-order chi connectivity index (χ0) is 21.3. The summed E-state index contributed by atoms with van der Waals surface area (Å²) in [5, 5.41) is 8.04. The van der Waals surface area contributed by atoms with Gasteiger partial charge in [-0.25, -0.2) is 22.3 Å². The molecule has 30 heavy (non-hydrogen) atoms. The number of sulfonamides is 1. The highest BCUT2D eigenvalue weighted by Crippen LogP contribution is 2.23. The van der Waals surface area contributed by atoms with Gasteiger partial charge in [-0.3, -0.25) is 14.5 Å². The number of hydrogen-bond donors (Lipinski definition) is 3. The van der Waals surface area contributed by atoms with Gasteiger partial charge in [-0.2, -0.15) is 0 Å². The first kappa shape index (κ1) is 19.3. The van der Waals surface area contributed by atoms with Gasteiger partial charge in [0.05, 0.1) is 11.9 Å². The fraction of sp³-hybridized carbons (Fsp3) is 0. The molecule has 0 fully saturated rings. The average Bonchev–Trinajstić information content (AvgIpc) is 3.18. The van der Waals surface area contributed by atoms with Gasteiger partial charge in [0.15, 0.2) is 4.90 Å². The Morgan fingerprint density at radius 3 is 2.57 bits per heavy atom. The molecule has 2 aromatic heterocycles. The third-order valence-corrected chi connectivity index (χ3v) is 5.46. The van der Waals surface area contributed by atoms with Gasteiger partial charge in [-0.15, -0.1) is 5.10 Å². The molecule has 0 unspecified atom stereocenters. The quantitative estimate of drug-likeness (QED) is 0.437. The number of anilines is 1. The molecule has 0 spiro atoms. The van der Waals surface area contributed by atoms with Crippen molar-refractivity contribution in [3.63, 3.8) is 0 Å². The van der Waals surface area contributed by atoms with Gasteiger partial charge in [0, 0.05) is 17.4 Å². The van der Waals surface area contributed by atoms with Crippen LogP contribution in [-0.2, 0) is 10.0 Å². The van der Waals surface area contributed by atoms with E-state index in [9.17, 15) is 22.4 Å². The van der Waals surface area contributed by atoms with E-state index >= 15 is 0 Å². The van der Waals surface area contributed by atoms with E-state index in [4.69, 9.17) is 0 Å². The lowest BCUT2D eigenvalue weighted by Gasteiger charge is -2.08.